The second-order valence-electron chi connectivity index (χ2n) is 5.48. The molecule has 0 saturated heterocycles. The van der Waals surface area contributed by atoms with Gasteiger partial charge in [0.25, 0.3) is 0 Å². The fourth-order valence-electron chi connectivity index (χ4n) is 3.31. The molecule has 1 saturated carbocycles. The Morgan fingerprint density at radius 2 is 1.74 bits per heavy atom. The number of fused-ring (bicyclic) bond motifs is 1. The summed E-state index contributed by atoms with van der Waals surface area (Å²) in [5.74, 6) is 0.422. The molecule has 3 heteroatoms. The molecule has 2 aliphatic rings. The van der Waals surface area contributed by atoms with Gasteiger partial charge in [-0.15, -0.1) is 0 Å². The Labute approximate surface area is 112 Å². The molecule has 3 atom stereocenters. The van der Waals surface area contributed by atoms with Gasteiger partial charge in [0, 0.05) is 25.3 Å². The molecule has 1 aromatic rings. The van der Waals surface area contributed by atoms with Gasteiger partial charge in [0.1, 0.15) is 0 Å². The van der Waals surface area contributed by atoms with Crippen LogP contribution in [0.25, 0.3) is 0 Å². The molecule has 1 heterocycles. The van der Waals surface area contributed by atoms with E-state index in [0.717, 1.165) is 13.0 Å². The highest BCUT2D eigenvalue weighted by Gasteiger charge is 2.39. The first-order chi connectivity index (χ1) is 9.25. The number of benzene rings is 1. The van der Waals surface area contributed by atoms with Crippen molar-refractivity contribution in [2.75, 3.05) is 6.54 Å². The summed E-state index contributed by atoms with van der Waals surface area (Å²) in [4.78, 5) is 27.8. The summed E-state index contributed by atoms with van der Waals surface area (Å²) >= 11 is 0. The molecule has 98 valence electrons. The van der Waals surface area contributed by atoms with Crippen molar-refractivity contribution in [1.82, 2.24) is 0 Å². The van der Waals surface area contributed by atoms with E-state index in [1.807, 2.05) is 24.4 Å². The first-order valence-corrected chi connectivity index (χ1v) is 6.85. The van der Waals surface area contributed by atoms with Crippen molar-refractivity contribution in [1.29, 1.82) is 0 Å². The minimum atomic E-state index is -0.191. The Bertz CT molecular complexity index is 521. The van der Waals surface area contributed by atoms with Gasteiger partial charge in [-0.05, 0) is 30.0 Å². The van der Waals surface area contributed by atoms with Gasteiger partial charge in [-0.2, -0.15) is 0 Å². The first kappa shape index (κ1) is 12.3. The number of carbonyl (C=O) groups excluding carboxylic acids is 2. The third-order valence-electron chi connectivity index (χ3n) is 4.37. The lowest BCUT2D eigenvalue weighted by Gasteiger charge is -2.33. The molecule has 3 rings (SSSR count). The second kappa shape index (κ2) is 5.08. The molecule has 3 nitrogen and oxygen atoms in total. The Hall–Kier alpha value is -1.77. The summed E-state index contributed by atoms with van der Waals surface area (Å²) in [5.41, 5.74) is 1.23. The van der Waals surface area contributed by atoms with Gasteiger partial charge in [-0.1, -0.05) is 30.3 Å². The van der Waals surface area contributed by atoms with E-state index in [4.69, 9.17) is 0 Å². The topological polar surface area (TPSA) is 46.5 Å². The van der Waals surface area contributed by atoms with Gasteiger partial charge in [0.15, 0.2) is 11.6 Å². The minimum absolute atomic E-state index is 0.191. The molecule has 19 heavy (non-hydrogen) atoms. The van der Waals surface area contributed by atoms with Crippen LogP contribution in [0.1, 0.15) is 30.7 Å². The van der Waals surface area contributed by atoms with E-state index >= 15 is 0 Å². The normalized spacial score (nSPS) is 30.8. The molecule has 1 aliphatic heterocycles. The molecular formula is C16H17NO2. The standard InChI is InChI=1S/C16H17NO2/c18-15-8-12-6-7-17-10-14(13(12)9-16(15)19)11-4-2-1-3-5-11/h1-5,7,12-14H,6,8-10H2. The number of carbonyl (C=O) groups is 2. The van der Waals surface area contributed by atoms with Crippen LogP contribution in [0.4, 0.5) is 0 Å². The van der Waals surface area contributed by atoms with Crippen LogP contribution < -0.4 is 0 Å². The highest BCUT2D eigenvalue weighted by Crippen LogP contribution is 2.40. The number of hydrogen-bond acceptors (Lipinski definition) is 3. The lowest BCUT2D eigenvalue weighted by Crippen LogP contribution is -2.35. The van der Waals surface area contributed by atoms with E-state index in [1.54, 1.807) is 0 Å². The molecule has 3 unspecified atom stereocenters. The Morgan fingerprint density at radius 1 is 1.00 bits per heavy atom. The highest BCUT2D eigenvalue weighted by molar-refractivity contribution is 6.37. The number of rotatable bonds is 1. The van der Waals surface area contributed by atoms with Crippen LogP contribution in [0.5, 0.6) is 0 Å². The largest absolute Gasteiger partial charge is 0.297 e. The molecule has 0 bridgehead atoms. The van der Waals surface area contributed by atoms with Crippen molar-refractivity contribution < 1.29 is 9.59 Å². The maximum Gasteiger partial charge on any atom is 0.198 e. The van der Waals surface area contributed by atoms with Gasteiger partial charge in [-0.25, -0.2) is 0 Å². The van der Waals surface area contributed by atoms with Gasteiger partial charge in [0.05, 0.1) is 0 Å². The summed E-state index contributed by atoms with van der Waals surface area (Å²) < 4.78 is 0. The fourth-order valence-corrected chi connectivity index (χ4v) is 3.31. The summed E-state index contributed by atoms with van der Waals surface area (Å²) in [7, 11) is 0. The maximum absolute atomic E-state index is 11.7. The predicted molar refractivity (Wildman–Crippen MR) is 73.4 cm³/mol. The Kier molecular flexibility index (Phi) is 3.28. The van der Waals surface area contributed by atoms with E-state index in [1.165, 1.54) is 5.56 Å². The van der Waals surface area contributed by atoms with Crippen molar-refractivity contribution in [3.63, 3.8) is 0 Å². The van der Waals surface area contributed by atoms with E-state index in [-0.39, 0.29) is 29.3 Å². The molecule has 1 aromatic carbocycles. The SMILES string of the molecule is O=C1CC2CC=NCC(c3ccccc3)C2CC1=O. The lowest BCUT2D eigenvalue weighted by atomic mass is 9.69. The van der Waals surface area contributed by atoms with Crippen LogP contribution in [-0.2, 0) is 9.59 Å². The molecule has 0 spiro atoms. The Balaban J connectivity index is 1.92. The van der Waals surface area contributed by atoms with Crippen LogP contribution in [0, 0.1) is 11.8 Å². The van der Waals surface area contributed by atoms with Crippen LogP contribution in [0.3, 0.4) is 0 Å². The lowest BCUT2D eigenvalue weighted by molar-refractivity contribution is -0.140. The zero-order valence-electron chi connectivity index (χ0n) is 10.8. The monoisotopic (exact) mass is 255 g/mol. The third kappa shape index (κ3) is 2.37. The molecule has 1 aliphatic carbocycles. The Morgan fingerprint density at radius 3 is 2.53 bits per heavy atom. The second-order valence-corrected chi connectivity index (χ2v) is 5.48. The minimum Gasteiger partial charge on any atom is -0.297 e. The quantitative estimate of drug-likeness (QED) is 0.723. The van der Waals surface area contributed by atoms with Gasteiger partial charge >= 0.3 is 0 Å². The van der Waals surface area contributed by atoms with E-state index in [2.05, 4.69) is 17.1 Å². The van der Waals surface area contributed by atoms with E-state index in [9.17, 15) is 9.59 Å². The molecule has 0 amide bonds. The van der Waals surface area contributed by atoms with Gasteiger partial charge < -0.3 is 0 Å². The van der Waals surface area contributed by atoms with Crippen molar-refractivity contribution in [2.45, 2.75) is 25.2 Å². The zero-order chi connectivity index (χ0) is 13.2. The first-order valence-electron chi connectivity index (χ1n) is 6.85. The van der Waals surface area contributed by atoms with Crippen molar-refractivity contribution in [3.8, 4) is 0 Å². The van der Waals surface area contributed by atoms with Crippen molar-refractivity contribution in [2.24, 2.45) is 16.8 Å². The summed E-state index contributed by atoms with van der Waals surface area (Å²) in [5, 5.41) is 0. The number of nitrogens with zero attached hydrogens (tertiary/aromatic N) is 1. The number of Topliss-reactive ketones (excluding diaryl/α,β-unsaturated/α-hetero) is 2. The van der Waals surface area contributed by atoms with Crippen LogP contribution in [-0.4, -0.2) is 24.3 Å². The third-order valence-corrected chi connectivity index (χ3v) is 4.37. The summed E-state index contributed by atoms with van der Waals surface area (Å²) in [6, 6.07) is 10.2. The van der Waals surface area contributed by atoms with Crippen LogP contribution in [0.2, 0.25) is 0 Å². The summed E-state index contributed by atoms with van der Waals surface area (Å²) in [6.07, 6.45) is 3.56. The van der Waals surface area contributed by atoms with E-state index < -0.39 is 0 Å². The van der Waals surface area contributed by atoms with Crippen LogP contribution in [0.15, 0.2) is 35.3 Å². The number of ketones is 2. The average molecular weight is 255 g/mol. The van der Waals surface area contributed by atoms with Gasteiger partial charge in [-0.3, -0.25) is 14.6 Å². The van der Waals surface area contributed by atoms with Crippen molar-refractivity contribution in [3.05, 3.63) is 35.9 Å². The highest BCUT2D eigenvalue weighted by atomic mass is 16.2. The van der Waals surface area contributed by atoms with Crippen molar-refractivity contribution >= 4 is 17.8 Å². The molecule has 0 radical (unpaired) electrons. The molecule has 0 N–H and O–H groups in total. The predicted octanol–water partition coefficient (Wildman–Crippen LogP) is 2.41. The fraction of sp³-hybridized carbons (Fsp3) is 0.438. The van der Waals surface area contributed by atoms with Crippen LogP contribution >= 0.6 is 0 Å². The number of aliphatic imine (C=N–C) groups is 1. The summed E-state index contributed by atoms with van der Waals surface area (Å²) in [6.45, 7) is 0.729. The van der Waals surface area contributed by atoms with E-state index in [0.29, 0.717) is 12.8 Å². The maximum atomic E-state index is 11.7. The van der Waals surface area contributed by atoms with Gasteiger partial charge in [0.2, 0.25) is 0 Å². The molecular weight excluding hydrogens is 238 g/mol. The zero-order valence-corrected chi connectivity index (χ0v) is 10.8. The molecule has 1 fully saturated rings. The average Bonchev–Trinajstić information content (AvgIpc) is 2.63. The smallest absolute Gasteiger partial charge is 0.198 e. The number of hydrogen-bond donors (Lipinski definition) is 0. The molecule has 0 aromatic heterocycles.